The smallest absolute Gasteiger partial charge is 0.407 e. The van der Waals surface area contributed by atoms with Crippen LogP contribution in [0.1, 0.15) is 32.6 Å². The Balaban J connectivity index is 2.49. The zero-order valence-corrected chi connectivity index (χ0v) is 13.8. The first-order chi connectivity index (χ1) is 10.2. The normalized spacial score (nSPS) is 13.4. The van der Waals surface area contributed by atoms with Crippen molar-refractivity contribution in [1.82, 2.24) is 5.32 Å². The predicted octanol–water partition coefficient (Wildman–Crippen LogP) is 2.47. The van der Waals surface area contributed by atoms with Crippen LogP contribution in [0.2, 0.25) is 0 Å². The number of nitrogens with zero attached hydrogens (tertiary/aromatic N) is 1. The van der Waals surface area contributed by atoms with Gasteiger partial charge in [-0.1, -0.05) is 11.2 Å². The first kappa shape index (κ1) is 18.0. The molecule has 0 bridgehead atoms. The van der Waals surface area contributed by atoms with Crippen molar-refractivity contribution >= 4 is 29.1 Å². The van der Waals surface area contributed by atoms with Gasteiger partial charge in [-0.25, -0.2) is 9.59 Å². The fourth-order valence-electron chi connectivity index (χ4n) is 1.37. The Bertz CT molecular complexity index is 534. The number of amides is 1. The molecular formula is C14H20N2O5S. The van der Waals surface area contributed by atoms with Gasteiger partial charge in [-0.15, -0.1) is 11.3 Å². The van der Waals surface area contributed by atoms with Crippen molar-refractivity contribution in [2.45, 2.75) is 39.3 Å². The number of ether oxygens (including phenoxy) is 1. The molecule has 0 aliphatic heterocycles. The Morgan fingerprint density at radius 1 is 1.45 bits per heavy atom. The lowest BCUT2D eigenvalue weighted by Crippen LogP contribution is -2.39. The maximum Gasteiger partial charge on any atom is 0.407 e. The molecule has 1 atom stereocenters. The quantitative estimate of drug-likeness (QED) is 0.617. The molecule has 1 aromatic heterocycles. The van der Waals surface area contributed by atoms with Gasteiger partial charge < -0.3 is 20.0 Å². The third-order valence-corrected chi connectivity index (χ3v) is 3.08. The van der Waals surface area contributed by atoms with E-state index in [1.54, 1.807) is 45.2 Å². The zero-order valence-electron chi connectivity index (χ0n) is 13.0. The van der Waals surface area contributed by atoms with Crippen LogP contribution in [0.4, 0.5) is 4.79 Å². The minimum atomic E-state index is -1.17. The maximum atomic E-state index is 11.5. The number of carboxylic acid groups (broad SMARTS) is 1. The van der Waals surface area contributed by atoms with Crippen LogP contribution in [0, 0.1) is 0 Å². The van der Waals surface area contributed by atoms with E-state index in [-0.39, 0.29) is 18.4 Å². The summed E-state index contributed by atoms with van der Waals surface area (Å²) in [5.41, 5.74) is -0.752. The third-order valence-electron chi connectivity index (χ3n) is 2.20. The van der Waals surface area contributed by atoms with E-state index < -0.39 is 17.7 Å². The molecule has 1 amide bonds. The molecule has 0 spiro atoms. The summed E-state index contributed by atoms with van der Waals surface area (Å²) in [6.07, 6.45) is -0.565. The highest BCUT2D eigenvalue weighted by atomic mass is 32.1. The van der Waals surface area contributed by atoms with Gasteiger partial charge in [0, 0.05) is 0 Å². The number of carbonyl (C=O) groups excluding carboxylic acids is 1. The summed E-state index contributed by atoms with van der Waals surface area (Å²) in [4.78, 5) is 28.2. The lowest BCUT2D eigenvalue weighted by atomic mass is 10.2. The molecule has 0 saturated carbocycles. The molecule has 0 aliphatic rings. The standard InChI is InChI=1S/C14H20N2O5S/c1-9(15-13(19)21-14(2,3)4)8-20-16-11(12(17)18)10-6-5-7-22-10/h5-7,9H,8H2,1-4H3,(H,15,19)(H,17,18). The lowest BCUT2D eigenvalue weighted by Gasteiger charge is -2.21. The molecule has 1 unspecified atom stereocenters. The second-order valence-electron chi connectivity index (χ2n) is 5.57. The Labute approximate surface area is 132 Å². The number of carbonyl (C=O) groups is 2. The molecule has 8 heteroatoms. The topological polar surface area (TPSA) is 97.2 Å². The van der Waals surface area contributed by atoms with Crippen molar-refractivity contribution in [3.05, 3.63) is 22.4 Å². The van der Waals surface area contributed by atoms with Gasteiger partial charge >= 0.3 is 12.1 Å². The van der Waals surface area contributed by atoms with Gasteiger partial charge in [-0.2, -0.15) is 0 Å². The van der Waals surface area contributed by atoms with Crippen LogP contribution < -0.4 is 5.32 Å². The second kappa shape index (κ2) is 7.79. The number of nitrogens with one attached hydrogen (secondary N) is 1. The number of alkyl carbamates (subject to hydrolysis) is 1. The maximum absolute atomic E-state index is 11.5. The molecule has 122 valence electrons. The first-order valence-corrected chi connectivity index (χ1v) is 7.53. The zero-order chi connectivity index (χ0) is 16.8. The molecule has 0 aromatic carbocycles. The van der Waals surface area contributed by atoms with Crippen LogP contribution in [-0.2, 0) is 14.4 Å². The van der Waals surface area contributed by atoms with Gasteiger partial charge in [0.2, 0.25) is 5.71 Å². The number of thiophene rings is 1. The number of oxime groups is 1. The number of aliphatic carboxylic acids is 1. The van der Waals surface area contributed by atoms with Gasteiger partial charge in [0.05, 0.1) is 10.9 Å². The van der Waals surface area contributed by atoms with E-state index in [1.807, 2.05) is 0 Å². The summed E-state index contributed by atoms with van der Waals surface area (Å²) in [6.45, 7) is 7.01. The minimum Gasteiger partial charge on any atom is -0.476 e. The van der Waals surface area contributed by atoms with Crippen molar-refractivity contribution in [2.24, 2.45) is 5.16 Å². The van der Waals surface area contributed by atoms with Crippen LogP contribution in [0.25, 0.3) is 0 Å². The molecular weight excluding hydrogens is 308 g/mol. The molecule has 0 saturated heterocycles. The van der Waals surface area contributed by atoms with Gasteiger partial charge in [0.1, 0.15) is 12.2 Å². The molecule has 0 aliphatic carbocycles. The Morgan fingerprint density at radius 3 is 2.64 bits per heavy atom. The lowest BCUT2D eigenvalue weighted by molar-refractivity contribution is -0.129. The van der Waals surface area contributed by atoms with Crippen LogP contribution in [0.5, 0.6) is 0 Å². The summed E-state index contributed by atoms with van der Waals surface area (Å²) >= 11 is 1.25. The molecule has 1 heterocycles. The largest absolute Gasteiger partial charge is 0.476 e. The van der Waals surface area contributed by atoms with Gasteiger partial charge in [0.25, 0.3) is 0 Å². The number of rotatable bonds is 6. The summed E-state index contributed by atoms with van der Waals surface area (Å²) in [5, 5.41) is 17.0. The molecule has 0 fully saturated rings. The number of hydrogen-bond donors (Lipinski definition) is 2. The summed E-state index contributed by atoms with van der Waals surface area (Å²) in [5.74, 6) is -1.17. The first-order valence-electron chi connectivity index (χ1n) is 6.65. The molecule has 0 radical (unpaired) electrons. The highest BCUT2D eigenvalue weighted by molar-refractivity contribution is 7.13. The highest BCUT2D eigenvalue weighted by Crippen LogP contribution is 2.11. The van der Waals surface area contributed by atoms with Crippen LogP contribution in [0.15, 0.2) is 22.7 Å². The summed E-state index contributed by atoms with van der Waals surface area (Å²) < 4.78 is 5.10. The van der Waals surface area contributed by atoms with Crippen LogP contribution in [0.3, 0.4) is 0 Å². The van der Waals surface area contributed by atoms with E-state index in [0.717, 1.165) is 0 Å². The van der Waals surface area contributed by atoms with Crippen molar-refractivity contribution in [2.75, 3.05) is 6.61 Å². The number of carboxylic acids is 1. The average molecular weight is 328 g/mol. The summed E-state index contributed by atoms with van der Waals surface area (Å²) in [7, 11) is 0. The fourth-order valence-corrected chi connectivity index (χ4v) is 2.06. The molecule has 2 N–H and O–H groups in total. The van der Waals surface area contributed by atoms with E-state index in [2.05, 4.69) is 10.5 Å². The van der Waals surface area contributed by atoms with Gasteiger partial charge in [-0.05, 0) is 39.1 Å². The molecule has 22 heavy (non-hydrogen) atoms. The third kappa shape index (κ3) is 6.57. The van der Waals surface area contributed by atoms with E-state index in [9.17, 15) is 9.59 Å². The fraction of sp³-hybridized carbons (Fsp3) is 0.500. The van der Waals surface area contributed by atoms with Crippen molar-refractivity contribution in [1.29, 1.82) is 0 Å². The van der Waals surface area contributed by atoms with Crippen molar-refractivity contribution in [3.8, 4) is 0 Å². The predicted molar refractivity (Wildman–Crippen MR) is 83.3 cm³/mol. The van der Waals surface area contributed by atoms with E-state index in [4.69, 9.17) is 14.7 Å². The molecule has 7 nitrogen and oxygen atoms in total. The second-order valence-corrected chi connectivity index (χ2v) is 6.51. The number of hydrogen-bond acceptors (Lipinski definition) is 6. The van der Waals surface area contributed by atoms with E-state index >= 15 is 0 Å². The highest BCUT2D eigenvalue weighted by Gasteiger charge is 2.18. The Morgan fingerprint density at radius 2 is 2.14 bits per heavy atom. The molecule has 1 rings (SSSR count). The Kier molecular flexibility index (Phi) is 6.36. The monoisotopic (exact) mass is 328 g/mol. The van der Waals surface area contributed by atoms with Gasteiger partial charge in [0.15, 0.2) is 0 Å². The van der Waals surface area contributed by atoms with Crippen LogP contribution in [-0.4, -0.2) is 41.1 Å². The van der Waals surface area contributed by atoms with E-state index in [0.29, 0.717) is 4.88 Å². The van der Waals surface area contributed by atoms with Gasteiger partial charge in [-0.3, -0.25) is 0 Å². The SMILES string of the molecule is CC(CON=C(C(=O)O)c1cccs1)NC(=O)OC(C)(C)C. The Hall–Kier alpha value is -2.09. The minimum absolute atomic E-state index is 0.0292. The van der Waals surface area contributed by atoms with E-state index in [1.165, 1.54) is 11.3 Å². The molecule has 1 aromatic rings. The average Bonchev–Trinajstić information content (AvgIpc) is 2.84. The van der Waals surface area contributed by atoms with Crippen molar-refractivity contribution in [3.63, 3.8) is 0 Å². The van der Waals surface area contributed by atoms with Crippen LogP contribution >= 0.6 is 11.3 Å². The van der Waals surface area contributed by atoms with Crippen molar-refractivity contribution < 1.29 is 24.3 Å². The summed E-state index contributed by atoms with van der Waals surface area (Å²) in [6, 6.07) is 2.99.